The van der Waals surface area contributed by atoms with Crippen LogP contribution in [0.25, 0.3) is 0 Å². The van der Waals surface area contributed by atoms with Crippen LogP contribution >= 0.6 is 11.6 Å². The van der Waals surface area contributed by atoms with Gasteiger partial charge in [0, 0.05) is 24.7 Å². The molecule has 0 aliphatic carbocycles. The van der Waals surface area contributed by atoms with Crippen molar-refractivity contribution < 1.29 is 0 Å². The van der Waals surface area contributed by atoms with Crippen LogP contribution in [0, 0.1) is 0 Å². The molecule has 0 radical (unpaired) electrons. The van der Waals surface area contributed by atoms with Crippen molar-refractivity contribution in [1.82, 2.24) is 10.2 Å². The fraction of sp³-hybridized carbons (Fsp3) is 0.286. The molecule has 0 amide bonds. The van der Waals surface area contributed by atoms with Crippen molar-refractivity contribution in [3.8, 4) is 0 Å². The molecule has 0 spiro atoms. The van der Waals surface area contributed by atoms with E-state index >= 15 is 0 Å². The third-order valence-corrected chi connectivity index (χ3v) is 1.77. The normalized spacial score (nSPS) is 14.6. The van der Waals surface area contributed by atoms with Gasteiger partial charge in [0.1, 0.15) is 0 Å². The zero-order chi connectivity index (χ0) is 7.68. The van der Waals surface area contributed by atoms with Crippen LogP contribution in [0.5, 0.6) is 0 Å². The zero-order valence-corrected chi connectivity index (χ0v) is 6.54. The smallest absolute Gasteiger partial charge is 0.152 e. The van der Waals surface area contributed by atoms with Gasteiger partial charge in [-0.05, 0) is 6.07 Å². The highest BCUT2D eigenvalue weighted by molar-refractivity contribution is 6.29. The minimum absolute atomic E-state index is 0.428. The van der Waals surface area contributed by atoms with Crippen LogP contribution in [0.4, 0.5) is 0 Å². The summed E-state index contributed by atoms with van der Waals surface area (Å²) in [6, 6.07) is 1.78. The van der Waals surface area contributed by atoms with Crippen molar-refractivity contribution in [2.24, 2.45) is 4.99 Å². The molecule has 4 heteroatoms. The third kappa shape index (κ3) is 1.24. The highest BCUT2D eigenvalue weighted by atomic mass is 35.5. The van der Waals surface area contributed by atoms with E-state index in [0.29, 0.717) is 5.15 Å². The molecule has 0 fully saturated rings. The highest BCUT2D eigenvalue weighted by Gasteiger charge is 2.06. The summed E-state index contributed by atoms with van der Waals surface area (Å²) in [6.07, 6.45) is 2.66. The van der Waals surface area contributed by atoms with Crippen molar-refractivity contribution in [3.63, 3.8) is 0 Å². The molecule has 2 heterocycles. The Balaban J connectivity index is 2.54. The Morgan fingerprint density at radius 2 is 2.27 bits per heavy atom. The Bertz CT molecular complexity index is 309. The molecule has 1 aliphatic heterocycles. The molecule has 0 atom stereocenters. The first-order chi connectivity index (χ1) is 5.36. The van der Waals surface area contributed by atoms with Crippen LogP contribution in [-0.2, 0) is 6.42 Å². The average Bonchev–Trinajstić information content (AvgIpc) is 2.04. The Hall–Kier alpha value is -0.960. The predicted molar refractivity (Wildman–Crippen MR) is 43.2 cm³/mol. The third-order valence-electron chi connectivity index (χ3n) is 1.58. The number of aliphatic imine (C=N–C) groups is 1. The fourth-order valence-electron chi connectivity index (χ4n) is 1.05. The van der Waals surface area contributed by atoms with E-state index < -0.39 is 0 Å². The summed E-state index contributed by atoms with van der Waals surface area (Å²) in [6.45, 7) is 0.809. The van der Waals surface area contributed by atoms with Crippen molar-refractivity contribution in [3.05, 3.63) is 22.5 Å². The first kappa shape index (κ1) is 6.73. The maximum absolute atomic E-state index is 5.64. The minimum Gasteiger partial charge on any atom is -0.292 e. The van der Waals surface area contributed by atoms with Gasteiger partial charge >= 0.3 is 0 Å². The van der Waals surface area contributed by atoms with Crippen LogP contribution in [-0.4, -0.2) is 23.0 Å². The van der Waals surface area contributed by atoms with E-state index in [-0.39, 0.29) is 0 Å². The zero-order valence-electron chi connectivity index (χ0n) is 5.79. The Labute approximate surface area is 69.1 Å². The standard InChI is InChI=1S/C7H6ClN3/c8-7-3-5-4-9-2-1-6(5)10-11-7/h3-4H,1-2H2. The highest BCUT2D eigenvalue weighted by Crippen LogP contribution is 2.11. The number of rotatable bonds is 0. The van der Waals surface area contributed by atoms with E-state index in [1.807, 2.05) is 0 Å². The van der Waals surface area contributed by atoms with Crippen molar-refractivity contribution in [2.45, 2.75) is 6.42 Å². The van der Waals surface area contributed by atoms with E-state index in [2.05, 4.69) is 15.2 Å². The molecule has 3 nitrogen and oxygen atoms in total. The second kappa shape index (κ2) is 2.58. The summed E-state index contributed by atoms with van der Waals surface area (Å²) >= 11 is 5.64. The Kier molecular flexibility index (Phi) is 1.58. The van der Waals surface area contributed by atoms with E-state index in [1.54, 1.807) is 12.3 Å². The number of halogens is 1. The molecule has 0 bridgehead atoms. The summed E-state index contributed by atoms with van der Waals surface area (Å²) in [7, 11) is 0. The van der Waals surface area contributed by atoms with Gasteiger partial charge in [-0.2, -0.15) is 5.10 Å². The molecule has 0 saturated heterocycles. The number of hydrogen-bond donors (Lipinski definition) is 0. The molecule has 0 aromatic carbocycles. The Morgan fingerprint density at radius 1 is 1.36 bits per heavy atom. The van der Waals surface area contributed by atoms with E-state index in [1.165, 1.54) is 0 Å². The predicted octanol–water partition coefficient (Wildman–Crippen LogP) is 1.10. The SMILES string of the molecule is Clc1cc2c(nn1)CCN=C2. The maximum Gasteiger partial charge on any atom is 0.152 e. The molecule has 1 aromatic rings. The van der Waals surface area contributed by atoms with Crippen molar-refractivity contribution >= 4 is 17.8 Å². The van der Waals surface area contributed by atoms with Crippen LogP contribution in [0.3, 0.4) is 0 Å². The molecular weight excluding hydrogens is 162 g/mol. The molecule has 1 aliphatic rings. The van der Waals surface area contributed by atoms with E-state index in [0.717, 1.165) is 24.2 Å². The van der Waals surface area contributed by atoms with Crippen LogP contribution in [0.15, 0.2) is 11.1 Å². The lowest BCUT2D eigenvalue weighted by atomic mass is 10.1. The summed E-state index contributed by atoms with van der Waals surface area (Å²) in [5.74, 6) is 0. The first-order valence-electron chi connectivity index (χ1n) is 3.38. The second-order valence-corrected chi connectivity index (χ2v) is 2.74. The number of nitrogens with zero attached hydrogens (tertiary/aromatic N) is 3. The monoisotopic (exact) mass is 167 g/mol. The molecule has 11 heavy (non-hydrogen) atoms. The van der Waals surface area contributed by atoms with Gasteiger partial charge < -0.3 is 0 Å². The average molecular weight is 168 g/mol. The van der Waals surface area contributed by atoms with Gasteiger partial charge in [-0.15, -0.1) is 5.10 Å². The molecule has 2 rings (SSSR count). The van der Waals surface area contributed by atoms with Gasteiger partial charge in [-0.25, -0.2) is 0 Å². The van der Waals surface area contributed by atoms with Gasteiger partial charge in [0.15, 0.2) is 5.15 Å². The van der Waals surface area contributed by atoms with Gasteiger partial charge in [-0.1, -0.05) is 11.6 Å². The lowest BCUT2D eigenvalue weighted by Gasteiger charge is -2.06. The summed E-state index contributed by atoms with van der Waals surface area (Å²) in [5.41, 5.74) is 1.99. The van der Waals surface area contributed by atoms with E-state index in [4.69, 9.17) is 11.6 Å². The fourth-order valence-corrected chi connectivity index (χ4v) is 1.20. The molecular formula is C7H6ClN3. The van der Waals surface area contributed by atoms with E-state index in [9.17, 15) is 0 Å². The molecule has 0 unspecified atom stereocenters. The summed E-state index contributed by atoms with van der Waals surface area (Å²) < 4.78 is 0. The number of fused-ring (bicyclic) bond motifs is 1. The first-order valence-corrected chi connectivity index (χ1v) is 3.76. The number of aromatic nitrogens is 2. The van der Waals surface area contributed by atoms with Crippen molar-refractivity contribution in [1.29, 1.82) is 0 Å². The number of hydrogen-bond acceptors (Lipinski definition) is 3. The summed E-state index contributed by atoms with van der Waals surface area (Å²) in [4.78, 5) is 4.11. The molecule has 1 aromatic heterocycles. The Morgan fingerprint density at radius 3 is 3.18 bits per heavy atom. The molecule has 0 saturated carbocycles. The largest absolute Gasteiger partial charge is 0.292 e. The quantitative estimate of drug-likeness (QED) is 0.581. The lowest BCUT2D eigenvalue weighted by Crippen LogP contribution is -2.06. The van der Waals surface area contributed by atoms with Gasteiger partial charge in [0.25, 0.3) is 0 Å². The van der Waals surface area contributed by atoms with Gasteiger partial charge in [-0.3, -0.25) is 4.99 Å². The second-order valence-electron chi connectivity index (χ2n) is 2.35. The van der Waals surface area contributed by atoms with Gasteiger partial charge in [0.2, 0.25) is 0 Å². The molecule has 56 valence electrons. The van der Waals surface area contributed by atoms with Crippen LogP contribution in [0.1, 0.15) is 11.3 Å². The molecule has 0 N–H and O–H groups in total. The van der Waals surface area contributed by atoms with Crippen molar-refractivity contribution in [2.75, 3.05) is 6.54 Å². The van der Waals surface area contributed by atoms with Crippen LogP contribution in [0.2, 0.25) is 5.15 Å². The van der Waals surface area contributed by atoms with Crippen LogP contribution < -0.4 is 0 Å². The summed E-state index contributed by atoms with van der Waals surface area (Å²) in [5, 5.41) is 8.12. The van der Waals surface area contributed by atoms with Gasteiger partial charge in [0.05, 0.1) is 5.69 Å². The lowest BCUT2D eigenvalue weighted by molar-refractivity contribution is 0.852. The maximum atomic E-state index is 5.64. The topological polar surface area (TPSA) is 38.1 Å². The minimum atomic E-state index is 0.428.